The SMILES string of the molecule is Cc1nc(C2CCCC(F)(F)C2)ncc1[C@H](C)O. The van der Waals surface area contributed by atoms with Crippen molar-refractivity contribution in [3.8, 4) is 0 Å². The van der Waals surface area contributed by atoms with E-state index in [1.54, 1.807) is 20.0 Å². The highest BCUT2D eigenvalue weighted by Gasteiger charge is 2.37. The molecule has 1 N–H and O–H groups in total. The molecule has 5 heteroatoms. The molecule has 1 aromatic heterocycles. The molecule has 1 aliphatic rings. The molecule has 0 spiro atoms. The van der Waals surface area contributed by atoms with E-state index in [-0.39, 0.29) is 18.8 Å². The summed E-state index contributed by atoms with van der Waals surface area (Å²) < 4.78 is 26.7. The summed E-state index contributed by atoms with van der Waals surface area (Å²) in [6, 6.07) is 0. The van der Waals surface area contributed by atoms with Gasteiger partial charge in [0.05, 0.1) is 6.10 Å². The van der Waals surface area contributed by atoms with E-state index in [9.17, 15) is 13.9 Å². The van der Waals surface area contributed by atoms with Crippen molar-refractivity contribution < 1.29 is 13.9 Å². The van der Waals surface area contributed by atoms with Gasteiger partial charge >= 0.3 is 0 Å². The molecule has 100 valence electrons. The van der Waals surface area contributed by atoms with Crippen molar-refractivity contribution in [2.75, 3.05) is 0 Å². The summed E-state index contributed by atoms with van der Waals surface area (Å²) in [5.41, 5.74) is 1.32. The van der Waals surface area contributed by atoms with Crippen LogP contribution in [0.5, 0.6) is 0 Å². The number of hydrogen-bond acceptors (Lipinski definition) is 3. The number of nitrogens with zero attached hydrogens (tertiary/aromatic N) is 2. The lowest BCUT2D eigenvalue weighted by atomic mass is 9.86. The predicted octanol–water partition coefficient (Wildman–Crippen LogP) is 3.13. The van der Waals surface area contributed by atoms with Crippen LogP contribution in [0.15, 0.2) is 6.20 Å². The molecule has 0 radical (unpaired) electrons. The second kappa shape index (κ2) is 4.88. The van der Waals surface area contributed by atoms with Crippen LogP contribution in [-0.4, -0.2) is 21.0 Å². The van der Waals surface area contributed by atoms with Gasteiger partial charge in [0.15, 0.2) is 0 Å². The van der Waals surface area contributed by atoms with Crippen molar-refractivity contribution in [2.24, 2.45) is 0 Å². The van der Waals surface area contributed by atoms with Gasteiger partial charge in [-0.1, -0.05) is 0 Å². The third-order valence-electron chi connectivity index (χ3n) is 3.49. The molecule has 1 heterocycles. The van der Waals surface area contributed by atoms with Crippen molar-refractivity contribution in [3.05, 3.63) is 23.3 Å². The van der Waals surface area contributed by atoms with Crippen LogP contribution in [0.1, 0.15) is 61.7 Å². The Morgan fingerprint density at radius 1 is 1.50 bits per heavy atom. The molecule has 18 heavy (non-hydrogen) atoms. The minimum atomic E-state index is -2.59. The van der Waals surface area contributed by atoms with Crippen LogP contribution in [0.25, 0.3) is 0 Å². The topological polar surface area (TPSA) is 46.0 Å². The van der Waals surface area contributed by atoms with Crippen molar-refractivity contribution in [1.29, 1.82) is 0 Å². The molecule has 1 aromatic rings. The van der Waals surface area contributed by atoms with Crippen LogP contribution >= 0.6 is 0 Å². The third-order valence-corrected chi connectivity index (χ3v) is 3.49. The Kier molecular flexibility index (Phi) is 3.61. The Bertz CT molecular complexity index is 435. The van der Waals surface area contributed by atoms with Crippen LogP contribution in [-0.2, 0) is 0 Å². The number of rotatable bonds is 2. The summed E-state index contributed by atoms with van der Waals surface area (Å²) in [7, 11) is 0. The molecule has 3 nitrogen and oxygen atoms in total. The normalized spacial score (nSPS) is 24.8. The van der Waals surface area contributed by atoms with Crippen LogP contribution in [0.3, 0.4) is 0 Å². The first kappa shape index (κ1) is 13.3. The first-order chi connectivity index (χ1) is 8.39. The first-order valence-corrected chi connectivity index (χ1v) is 6.28. The van der Waals surface area contributed by atoms with Gasteiger partial charge in [-0.05, 0) is 26.7 Å². The summed E-state index contributed by atoms with van der Waals surface area (Å²) in [4.78, 5) is 8.42. The van der Waals surface area contributed by atoms with Gasteiger partial charge in [-0.25, -0.2) is 18.7 Å². The van der Waals surface area contributed by atoms with Gasteiger partial charge in [-0.2, -0.15) is 0 Å². The molecule has 0 aliphatic heterocycles. The number of aryl methyl sites for hydroxylation is 1. The first-order valence-electron chi connectivity index (χ1n) is 6.28. The molecule has 1 saturated carbocycles. The van der Waals surface area contributed by atoms with Gasteiger partial charge in [-0.15, -0.1) is 0 Å². The van der Waals surface area contributed by atoms with Gasteiger partial charge in [0.2, 0.25) is 5.92 Å². The molecule has 0 saturated heterocycles. The maximum Gasteiger partial charge on any atom is 0.248 e. The fourth-order valence-corrected chi connectivity index (χ4v) is 2.49. The number of alkyl halides is 2. The summed E-state index contributed by atoms with van der Waals surface area (Å²) in [6.07, 6.45) is 1.94. The van der Waals surface area contributed by atoms with Crippen LogP contribution in [0.2, 0.25) is 0 Å². The summed E-state index contributed by atoms with van der Waals surface area (Å²) in [5, 5.41) is 9.49. The standard InChI is InChI=1S/C13H18F2N2O/c1-8-11(9(2)18)7-16-12(17-8)10-4-3-5-13(14,15)6-10/h7,9-10,18H,3-6H2,1-2H3/t9-,10?/m0/s1. The predicted molar refractivity (Wildman–Crippen MR) is 63.6 cm³/mol. The Balaban J connectivity index is 2.21. The molecule has 1 fully saturated rings. The van der Waals surface area contributed by atoms with Gasteiger partial charge < -0.3 is 5.11 Å². The minimum absolute atomic E-state index is 0.0335. The minimum Gasteiger partial charge on any atom is -0.389 e. The zero-order chi connectivity index (χ0) is 13.3. The quantitative estimate of drug-likeness (QED) is 0.884. The molecule has 0 bridgehead atoms. The van der Waals surface area contributed by atoms with E-state index in [2.05, 4.69) is 9.97 Å². The number of aromatic nitrogens is 2. The Labute approximate surface area is 105 Å². The molecule has 1 aliphatic carbocycles. The van der Waals surface area contributed by atoms with Gasteiger partial charge in [0.25, 0.3) is 0 Å². The number of halogens is 2. The van der Waals surface area contributed by atoms with E-state index in [0.717, 1.165) is 0 Å². The molecular weight excluding hydrogens is 238 g/mol. The van der Waals surface area contributed by atoms with Gasteiger partial charge in [0.1, 0.15) is 5.82 Å². The fraction of sp³-hybridized carbons (Fsp3) is 0.692. The van der Waals surface area contributed by atoms with Crippen LogP contribution in [0.4, 0.5) is 8.78 Å². The molecule has 0 aromatic carbocycles. The molecule has 1 unspecified atom stereocenters. The van der Waals surface area contributed by atoms with Crippen molar-refractivity contribution in [2.45, 2.75) is 57.5 Å². The van der Waals surface area contributed by atoms with Crippen LogP contribution < -0.4 is 0 Å². The monoisotopic (exact) mass is 256 g/mol. The van der Waals surface area contributed by atoms with E-state index < -0.39 is 12.0 Å². The Hall–Kier alpha value is -1.10. The summed E-state index contributed by atoms with van der Waals surface area (Å²) in [6.45, 7) is 3.41. The molecular formula is C13H18F2N2O. The highest BCUT2D eigenvalue weighted by Crippen LogP contribution is 2.40. The average molecular weight is 256 g/mol. The average Bonchev–Trinajstić information content (AvgIpc) is 2.27. The van der Waals surface area contributed by atoms with Crippen molar-refractivity contribution >= 4 is 0 Å². The smallest absolute Gasteiger partial charge is 0.248 e. The number of hydrogen-bond donors (Lipinski definition) is 1. The highest BCUT2D eigenvalue weighted by molar-refractivity contribution is 5.19. The van der Waals surface area contributed by atoms with Gasteiger partial charge in [0, 0.05) is 36.2 Å². The Morgan fingerprint density at radius 3 is 2.78 bits per heavy atom. The van der Waals surface area contributed by atoms with E-state index in [1.165, 1.54) is 0 Å². The fourth-order valence-electron chi connectivity index (χ4n) is 2.49. The van der Waals surface area contributed by atoms with Crippen molar-refractivity contribution in [3.63, 3.8) is 0 Å². The van der Waals surface area contributed by atoms with E-state index >= 15 is 0 Å². The molecule has 0 amide bonds. The summed E-state index contributed by atoms with van der Waals surface area (Å²) >= 11 is 0. The highest BCUT2D eigenvalue weighted by atomic mass is 19.3. The van der Waals surface area contributed by atoms with Gasteiger partial charge in [-0.3, -0.25) is 0 Å². The second-order valence-electron chi connectivity index (χ2n) is 5.09. The summed E-state index contributed by atoms with van der Waals surface area (Å²) in [5.74, 6) is -2.38. The second-order valence-corrected chi connectivity index (χ2v) is 5.09. The zero-order valence-corrected chi connectivity index (χ0v) is 10.7. The molecule has 2 rings (SSSR count). The zero-order valence-electron chi connectivity index (χ0n) is 10.7. The van der Waals surface area contributed by atoms with E-state index in [4.69, 9.17) is 0 Å². The van der Waals surface area contributed by atoms with Crippen molar-refractivity contribution in [1.82, 2.24) is 9.97 Å². The van der Waals surface area contributed by atoms with Crippen LogP contribution in [0, 0.1) is 6.92 Å². The maximum atomic E-state index is 13.4. The lowest BCUT2D eigenvalue weighted by Crippen LogP contribution is -2.26. The maximum absolute atomic E-state index is 13.4. The lowest BCUT2D eigenvalue weighted by Gasteiger charge is -2.28. The Morgan fingerprint density at radius 2 is 2.22 bits per heavy atom. The van der Waals surface area contributed by atoms with E-state index in [1.807, 2.05) is 0 Å². The molecule has 2 atom stereocenters. The number of aliphatic hydroxyl groups is 1. The van der Waals surface area contributed by atoms with E-state index in [0.29, 0.717) is 29.9 Å². The largest absolute Gasteiger partial charge is 0.389 e. The third kappa shape index (κ3) is 2.83. The lowest BCUT2D eigenvalue weighted by molar-refractivity contribution is -0.0417. The number of aliphatic hydroxyl groups excluding tert-OH is 1.